The Kier molecular flexibility index (Phi) is 3.38. The second-order valence-corrected chi connectivity index (χ2v) is 5.62. The molecule has 2 nitrogen and oxygen atoms in total. The normalized spacial score (nSPS) is 10.8. The summed E-state index contributed by atoms with van der Waals surface area (Å²) in [5.41, 5.74) is 1.76. The number of fused-ring (bicyclic) bond motifs is 1. The van der Waals surface area contributed by atoms with Crippen LogP contribution in [0.4, 0.5) is 0 Å². The average Bonchev–Trinajstić information content (AvgIpc) is 2.85. The van der Waals surface area contributed by atoms with Gasteiger partial charge in [0.2, 0.25) is 5.78 Å². The van der Waals surface area contributed by atoms with E-state index in [1.54, 1.807) is 0 Å². The highest BCUT2D eigenvalue weighted by Gasteiger charge is 2.12. The first-order valence-electron chi connectivity index (χ1n) is 5.98. The second kappa shape index (κ2) is 5.17. The van der Waals surface area contributed by atoms with Gasteiger partial charge in [0, 0.05) is 15.4 Å². The van der Waals surface area contributed by atoms with Gasteiger partial charge in [0.25, 0.3) is 0 Å². The summed E-state index contributed by atoms with van der Waals surface area (Å²) in [4.78, 5) is 12.2. The maximum absolute atomic E-state index is 12.2. The van der Waals surface area contributed by atoms with Crippen molar-refractivity contribution in [1.29, 1.82) is 0 Å². The van der Waals surface area contributed by atoms with Crippen molar-refractivity contribution in [1.82, 2.24) is 0 Å². The molecular formula is C16H11IO2. The van der Waals surface area contributed by atoms with Crippen LogP contribution in [-0.2, 0) is 6.42 Å². The van der Waals surface area contributed by atoms with Crippen LogP contribution in [-0.4, -0.2) is 5.78 Å². The number of hydrogen-bond donors (Lipinski definition) is 0. The lowest BCUT2D eigenvalue weighted by Crippen LogP contribution is -2.01. The molecule has 3 aromatic rings. The number of carbonyl (C=O) groups excluding carboxylic acids is 1. The first kappa shape index (κ1) is 12.4. The third kappa shape index (κ3) is 2.71. The van der Waals surface area contributed by atoms with E-state index < -0.39 is 0 Å². The van der Waals surface area contributed by atoms with Gasteiger partial charge in [0.05, 0.1) is 0 Å². The summed E-state index contributed by atoms with van der Waals surface area (Å²) in [6.45, 7) is 0. The van der Waals surface area contributed by atoms with Crippen LogP contribution in [0.25, 0.3) is 11.0 Å². The van der Waals surface area contributed by atoms with Crippen molar-refractivity contribution in [3.8, 4) is 0 Å². The lowest BCUT2D eigenvalue weighted by molar-refractivity contribution is 0.0968. The smallest absolute Gasteiger partial charge is 0.202 e. The summed E-state index contributed by atoms with van der Waals surface area (Å²) >= 11 is 2.25. The van der Waals surface area contributed by atoms with Gasteiger partial charge in [-0.1, -0.05) is 30.3 Å². The number of benzene rings is 2. The molecule has 1 heterocycles. The first-order chi connectivity index (χ1) is 9.22. The number of ketones is 1. The molecule has 3 heteroatoms. The number of rotatable bonds is 3. The third-order valence-corrected chi connectivity index (χ3v) is 3.70. The molecule has 0 amide bonds. The molecule has 0 saturated carbocycles. The summed E-state index contributed by atoms with van der Waals surface area (Å²) in [5, 5.41) is 0.966. The third-order valence-electron chi connectivity index (χ3n) is 2.98. The molecular weight excluding hydrogens is 351 g/mol. The Bertz CT molecular complexity index is 693. The summed E-state index contributed by atoms with van der Waals surface area (Å²) in [6, 6.07) is 17.4. The molecule has 0 aliphatic carbocycles. The molecule has 0 unspecified atom stereocenters. The predicted octanol–water partition coefficient (Wildman–Crippen LogP) is 4.46. The van der Waals surface area contributed by atoms with Crippen molar-refractivity contribution in [2.24, 2.45) is 0 Å². The van der Waals surface area contributed by atoms with Gasteiger partial charge in [-0.05, 0) is 52.4 Å². The van der Waals surface area contributed by atoms with E-state index in [9.17, 15) is 4.79 Å². The molecule has 0 saturated heterocycles. The molecule has 0 bridgehead atoms. The van der Waals surface area contributed by atoms with E-state index in [1.165, 1.54) is 0 Å². The molecule has 0 spiro atoms. The molecule has 0 aliphatic rings. The Morgan fingerprint density at radius 3 is 2.53 bits per heavy atom. The lowest BCUT2D eigenvalue weighted by Gasteiger charge is -1.98. The molecule has 3 rings (SSSR count). The van der Waals surface area contributed by atoms with Gasteiger partial charge in [0.1, 0.15) is 5.58 Å². The monoisotopic (exact) mass is 362 g/mol. The summed E-state index contributed by atoms with van der Waals surface area (Å²) in [5.74, 6) is 0.442. The van der Waals surface area contributed by atoms with Crippen LogP contribution >= 0.6 is 22.6 Å². The first-order valence-corrected chi connectivity index (χ1v) is 7.06. The second-order valence-electron chi connectivity index (χ2n) is 4.37. The van der Waals surface area contributed by atoms with Crippen molar-refractivity contribution in [2.45, 2.75) is 6.42 Å². The van der Waals surface area contributed by atoms with E-state index in [0.717, 1.165) is 20.1 Å². The van der Waals surface area contributed by atoms with Gasteiger partial charge < -0.3 is 4.42 Å². The molecule has 0 atom stereocenters. The minimum absolute atomic E-state index is 0.0115. The Morgan fingerprint density at radius 2 is 1.79 bits per heavy atom. The van der Waals surface area contributed by atoms with E-state index in [4.69, 9.17) is 4.42 Å². The van der Waals surface area contributed by atoms with Gasteiger partial charge >= 0.3 is 0 Å². The number of carbonyl (C=O) groups is 1. The van der Waals surface area contributed by atoms with Gasteiger partial charge in [-0.2, -0.15) is 0 Å². The zero-order valence-corrected chi connectivity index (χ0v) is 12.3. The van der Waals surface area contributed by atoms with Crippen LogP contribution < -0.4 is 0 Å². The van der Waals surface area contributed by atoms with Crippen molar-refractivity contribution in [3.63, 3.8) is 0 Å². The summed E-state index contributed by atoms with van der Waals surface area (Å²) < 4.78 is 6.74. The number of Topliss-reactive ketones (excluding diaryl/α,β-unsaturated/α-hetero) is 1. The Hall–Kier alpha value is -1.62. The van der Waals surface area contributed by atoms with E-state index in [-0.39, 0.29) is 5.78 Å². The molecule has 2 aromatic carbocycles. The highest BCUT2D eigenvalue weighted by atomic mass is 127. The van der Waals surface area contributed by atoms with Crippen LogP contribution in [0.3, 0.4) is 0 Å². The van der Waals surface area contributed by atoms with Crippen molar-refractivity contribution in [2.75, 3.05) is 0 Å². The zero-order valence-electron chi connectivity index (χ0n) is 10.1. The highest BCUT2D eigenvalue weighted by molar-refractivity contribution is 14.1. The number of para-hydroxylation sites is 1. The van der Waals surface area contributed by atoms with E-state index in [1.807, 2.05) is 54.6 Å². The van der Waals surface area contributed by atoms with Gasteiger partial charge in [-0.15, -0.1) is 0 Å². The molecule has 19 heavy (non-hydrogen) atoms. The van der Waals surface area contributed by atoms with Crippen molar-refractivity contribution >= 4 is 39.3 Å². The fourth-order valence-corrected chi connectivity index (χ4v) is 2.35. The summed E-state index contributed by atoms with van der Waals surface area (Å²) in [7, 11) is 0. The minimum Gasteiger partial charge on any atom is -0.453 e. The molecule has 0 radical (unpaired) electrons. The standard InChI is InChI=1S/C16H11IO2/c17-13-7-5-11(6-8-13)9-14(18)16-10-12-3-1-2-4-15(12)19-16/h1-8,10H,9H2. The fourth-order valence-electron chi connectivity index (χ4n) is 1.99. The molecule has 0 N–H and O–H groups in total. The van der Waals surface area contributed by atoms with Gasteiger partial charge in [-0.25, -0.2) is 0 Å². The highest BCUT2D eigenvalue weighted by Crippen LogP contribution is 2.20. The molecule has 94 valence electrons. The Labute approximate surface area is 124 Å². The molecule has 0 aliphatic heterocycles. The van der Waals surface area contributed by atoms with Crippen LogP contribution in [0.1, 0.15) is 16.1 Å². The van der Waals surface area contributed by atoms with E-state index in [2.05, 4.69) is 22.6 Å². The quantitative estimate of drug-likeness (QED) is 0.509. The largest absolute Gasteiger partial charge is 0.453 e. The average molecular weight is 362 g/mol. The van der Waals surface area contributed by atoms with Gasteiger partial charge in [0.15, 0.2) is 5.76 Å². The maximum Gasteiger partial charge on any atom is 0.202 e. The zero-order chi connectivity index (χ0) is 13.2. The summed E-state index contributed by atoms with van der Waals surface area (Å²) in [6.07, 6.45) is 0.372. The Morgan fingerprint density at radius 1 is 1.05 bits per heavy atom. The Balaban J connectivity index is 1.85. The predicted molar refractivity (Wildman–Crippen MR) is 83.4 cm³/mol. The number of furan rings is 1. The lowest BCUT2D eigenvalue weighted by atomic mass is 10.1. The van der Waals surface area contributed by atoms with E-state index in [0.29, 0.717) is 12.2 Å². The molecule has 0 fully saturated rings. The fraction of sp³-hybridized carbons (Fsp3) is 0.0625. The van der Waals surface area contributed by atoms with Crippen molar-refractivity contribution in [3.05, 3.63) is 69.5 Å². The number of hydrogen-bond acceptors (Lipinski definition) is 2. The van der Waals surface area contributed by atoms with Gasteiger partial charge in [-0.3, -0.25) is 4.79 Å². The van der Waals surface area contributed by atoms with Crippen LogP contribution in [0.2, 0.25) is 0 Å². The van der Waals surface area contributed by atoms with Crippen LogP contribution in [0.5, 0.6) is 0 Å². The van der Waals surface area contributed by atoms with Crippen molar-refractivity contribution < 1.29 is 9.21 Å². The topological polar surface area (TPSA) is 30.2 Å². The SMILES string of the molecule is O=C(Cc1ccc(I)cc1)c1cc2ccccc2o1. The van der Waals surface area contributed by atoms with Crippen LogP contribution in [0, 0.1) is 3.57 Å². The van der Waals surface area contributed by atoms with E-state index >= 15 is 0 Å². The minimum atomic E-state index is 0.0115. The maximum atomic E-state index is 12.2. The molecule has 1 aromatic heterocycles. The number of halogens is 1. The van der Waals surface area contributed by atoms with Crippen LogP contribution in [0.15, 0.2) is 59.0 Å².